The van der Waals surface area contributed by atoms with Gasteiger partial charge in [-0.2, -0.15) is 0 Å². The van der Waals surface area contributed by atoms with Crippen LogP contribution in [0.2, 0.25) is 0 Å². The van der Waals surface area contributed by atoms with Crippen LogP contribution in [0.25, 0.3) is 10.6 Å². The van der Waals surface area contributed by atoms with Gasteiger partial charge in [0.25, 0.3) is 0 Å². The second kappa shape index (κ2) is 18.6. The van der Waals surface area contributed by atoms with Gasteiger partial charge in [-0.05, 0) is 5.56 Å². The largest absolute Gasteiger partial charge is 1.00 e. The molecule has 0 N–H and O–H groups in total. The first-order valence-corrected chi connectivity index (χ1v) is 9.93. The van der Waals surface area contributed by atoms with Crippen molar-refractivity contribution >= 4 is 35.3 Å². The maximum absolute atomic E-state index is 11.9. The molecule has 0 atom stereocenters. The first-order chi connectivity index (χ1) is 14.8. The van der Waals surface area contributed by atoms with Gasteiger partial charge in [-0.25, -0.2) is 0 Å². The van der Waals surface area contributed by atoms with Gasteiger partial charge in [-0.15, -0.1) is 12.2 Å². The molecule has 1 fully saturated rings. The van der Waals surface area contributed by atoms with Gasteiger partial charge in [-0.1, -0.05) is 24.3 Å². The van der Waals surface area contributed by atoms with Crippen molar-refractivity contribution < 1.29 is 150 Å². The summed E-state index contributed by atoms with van der Waals surface area (Å²) in [5, 5.41) is 7.58. The monoisotopic (exact) mass is 601 g/mol. The molecule has 1 saturated heterocycles. The van der Waals surface area contributed by atoms with E-state index in [2.05, 4.69) is 10.6 Å². The number of β-lactam (4-membered cyclic amide) rings is 1. The molecule has 1 aromatic carbocycles. The summed E-state index contributed by atoms with van der Waals surface area (Å²) in [6.45, 7) is 2.79. The number of amides is 4. The van der Waals surface area contributed by atoms with Crippen LogP contribution >= 0.6 is 0 Å². The Hall–Kier alpha value is 0.340. The van der Waals surface area contributed by atoms with Crippen molar-refractivity contribution in [1.82, 2.24) is 4.90 Å². The Labute approximate surface area is 290 Å². The summed E-state index contributed by atoms with van der Waals surface area (Å²) in [5.41, 5.74) is 1.07. The van der Waals surface area contributed by atoms with Crippen molar-refractivity contribution in [3.63, 3.8) is 0 Å². The second-order valence-corrected chi connectivity index (χ2v) is 6.80. The van der Waals surface area contributed by atoms with Crippen LogP contribution in [0.1, 0.15) is 31.7 Å². The molecule has 1 aliphatic heterocycles. The molecule has 2 rings (SSSR count). The predicted octanol–water partition coefficient (Wildman–Crippen LogP) is -4.21. The van der Waals surface area contributed by atoms with Gasteiger partial charge >= 0.3 is 122 Å². The first-order valence-electron chi connectivity index (χ1n) is 9.93. The number of imide groups is 1. The molecule has 0 aliphatic carbocycles. The quantitative estimate of drug-likeness (QED) is 0.103. The number of carbonyl (C=O) groups is 5. The van der Waals surface area contributed by atoms with E-state index in [-0.39, 0.29) is 160 Å². The van der Waals surface area contributed by atoms with Gasteiger partial charge in [0.05, 0.1) is 24.8 Å². The average molecular weight is 602 g/mol. The minimum atomic E-state index is -0.619. The molecular weight excluding hydrogens is 577 g/mol. The smallest absolute Gasteiger partial charge is 0.651 e. The Morgan fingerprint density at radius 3 is 2.27 bits per heavy atom. The minimum Gasteiger partial charge on any atom is -0.651 e. The van der Waals surface area contributed by atoms with Gasteiger partial charge in [0.2, 0.25) is 11.8 Å². The summed E-state index contributed by atoms with van der Waals surface area (Å²) in [6.07, 6.45) is 0.614. The van der Waals surface area contributed by atoms with Gasteiger partial charge < -0.3 is 29.7 Å². The van der Waals surface area contributed by atoms with Crippen LogP contribution in [0.5, 0.6) is 0 Å². The Kier molecular flexibility index (Phi) is 18.8. The van der Waals surface area contributed by atoms with Gasteiger partial charge in [-0.3, -0.25) is 19.3 Å². The fourth-order valence-corrected chi connectivity index (χ4v) is 2.62. The van der Waals surface area contributed by atoms with E-state index < -0.39 is 18.2 Å². The molecule has 1 heterocycles. The number of carbonyl (C=O) groups excluding carboxylic acids is 5. The second-order valence-electron chi connectivity index (χ2n) is 6.80. The molecule has 1 aliphatic rings. The summed E-state index contributed by atoms with van der Waals surface area (Å²) < 4.78 is 9.99. The maximum atomic E-state index is 11.9. The van der Waals surface area contributed by atoms with Crippen molar-refractivity contribution in [3.8, 4) is 0 Å². The fourth-order valence-electron chi connectivity index (χ4n) is 2.62. The normalized spacial score (nSPS) is 11.9. The summed E-state index contributed by atoms with van der Waals surface area (Å²) in [5.74, 6) is -1.97. The molecule has 10 nitrogen and oxygen atoms in total. The summed E-state index contributed by atoms with van der Waals surface area (Å²) in [6, 6.07) is 6.45. The van der Waals surface area contributed by atoms with Crippen LogP contribution in [-0.2, 0) is 39.9 Å². The average Bonchev–Trinajstić information content (AvgIpc) is 2.69. The van der Waals surface area contributed by atoms with Gasteiger partial charge in [0.1, 0.15) is 0 Å². The fraction of sp³-hybridized carbons (Fsp3) is 0.476. The van der Waals surface area contributed by atoms with Crippen molar-refractivity contribution in [3.05, 3.63) is 40.5 Å². The van der Waals surface area contributed by atoms with Crippen LogP contribution in [-0.4, -0.2) is 67.4 Å². The molecule has 4 amide bonds. The third-order valence-electron chi connectivity index (χ3n) is 4.26. The first kappa shape index (κ1) is 33.3. The summed E-state index contributed by atoms with van der Waals surface area (Å²) >= 11 is 0. The van der Waals surface area contributed by atoms with E-state index in [1.54, 1.807) is 24.3 Å². The molecule has 0 saturated carbocycles. The summed E-state index contributed by atoms with van der Waals surface area (Å²) in [7, 11) is 0. The topological polar surface area (TPSA) is 135 Å². The molecule has 0 bridgehead atoms. The molecule has 0 spiro atoms. The van der Waals surface area contributed by atoms with Crippen molar-refractivity contribution in [2.75, 3.05) is 32.9 Å². The van der Waals surface area contributed by atoms with Gasteiger partial charge in [0, 0.05) is 45.9 Å². The molecule has 33 heavy (non-hydrogen) atoms. The van der Waals surface area contributed by atoms with Crippen LogP contribution in [0.3, 0.4) is 0 Å². The maximum Gasteiger partial charge on any atom is 1.00 e. The number of hydrogen-bond donors (Lipinski definition) is 0. The van der Waals surface area contributed by atoms with E-state index in [1.807, 2.05) is 0 Å². The molecule has 0 radical (unpaired) electrons. The minimum absolute atomic E-state index is 0. The number of benzene rings is 1. The molecule has 168 valence electrons. The van der Waals surface area contributed by atoms with Crippen LogP contribution in [0.4, 0.5) is 5.69 Å². The zero-order chi connectivity index (χ0) is 22.6. The Morgan fingerprint density at radius 2 is 1.70 bits per heavy atom. The number of nitrogens with zero attached hydrogens (tertiary/aromatic N) is 3. The Bertz CT molecular complexity index is 819. The summed E-state index contributed by atoms with van der Waals surface area (Å²) in [4.78, 5) is 58.6. The van der Waals surface area contributed by atoms with E-state index in [1.165, 1.54) is 11.8 Å². The van der Waals surface area contributed by atoms with Crippen molar-refractivity contribution in [1.29, 1.82) is 0 Å². The Morgan fingerprint density at radius 1 is 1.00 bits per heavy atom. The molecule has 0 unspecified atom stereocenters. The third kappa shape index (κ3) is 13.9. The van der Waals surface area contributed by atoms with E-state index in [9.17, 15) is 24.0 Å². The van der Waals surface area contributed by atoms with Crippen LogP contribution in [0, 0.1) is 0 Å². The third-order valence-corrected chi connectivity index (χ3v) is 4.26. The van der Waals surface area contributed by atoms with E-state index in [0.29, 0.717) is 37.2 Å². The Balaban J connectivity index is 0.00000512. The SMILES string of the molecule is CC(=O)OCCCOCC[N-]C(=O)CC(=O)[N-]c1ccc(CC(=O)N2CCC2=O)cc1.[Rb+].[Rb+]. The number of hydrogen-bond acceptors (Lipinski definition) is 7. The van der Waals surface area contributed by atoms with Crippen LogP contribution in [0.15, 0.2) is 24.3 Å². The standard InChI is InChI=1S/C21H27N3O7.2Rb/c1-15(25)31-11-2-10-30-12-8-22-18(26)14-19(27)23-17-5-3-16(4-6-17)13-21(29)24-9-7-20(24)28;;/h3-6H,2,7-14H2,1H3,(H2,22,23,26,27);;/q;2*+1/p-2. The van der Waals surface area contributed by atoms with Crippen molar-refractivity contribution in [2.45, 2.75) is 32.6 Å². The van der Waals surface area contributed by atoms with Crippen molar-refractivity contribution in [2.24, 2.45) is 0 Å². The molecule has 1 aromatic rings. The predicted molar refractivity (Wildman–Crippen MR) is 109 cm³/mol. The van der Waals surface area contributed by atoms with E-state index >= 15 is 0 Å². The zero-order valence-corrected chi connectivity index (χ0v) is 29.2. The number of esters is 1. The number of ether oxygens (including phenoxy) is 2. The molecule has 12 heteroatoms. The number of likely N-dealkylation sites (tertiary alicyclic amines) is 1. The molecule has 0 aromatic heterocycles. The zero-order valence-electron chi connectivity index (χ0n) is 19.4. The van der Waals surface area contributed by atoms with E-state index in [4.69, 9.17) is 9.47 Å². The van der Waals surface area contributed by atoms with Gasteiger partial charge in [0.15, 0.2) is 0 Å². The number of rotatable bonds is 12. The van der Waals surface area contributed by atoms with E-state index in [0.717, 1.165) is 0 Å². The molecular formula is C21H25N3O7Rb2. The van der Waals surface area contributed by atoms with Crippen LogP contribution < -0.4 is 116 Å².